The van der Waals surface area contributed by atoms with Gasteiger partial charge in [-0.2, -0.15) is 0 Å². The lowest BCUT2D eigenvalue weighted by molar-refractivity contribution is 0.293. The highest BCUT2D eigenvalue weighted by molar-refractivity contribution is 5.62. The number of anilines is 1. The Morgan fingerprint density at radius 1 is 1.05 bits per heavy atom. The first-order valence-corrected chi connectivity index (χ1v) is 7.71. The standard InChI is InChI=1S/C17H27NO3/c1-12-6-5-7-13(8-12)11-18-14-9-15(19-2)17(21-4)16(10-14)20-3/h9-10,12-13,18H,5-8,11H2,1-4H3. The van der Waals surface area contributed by atoms with E-state index in [0.29, 0.717) is 17.2 Å². The second kappa shape index (κ2) is 7.43. The summed E-state index contributed by atoms with van der Waals surface area (Å²) in [5.74, 6) is 3.63. The van der Waals surface area contributed by atoms with Gasteiger partial charge in [-0.1, -0.05) is 19.8 Å². The third-order valence-electron chi connectivity index (χ3n) is 4.30. The van der Waals surface area contributed by atoms with Crippen molar-refractivity contribution in [3.8, 4) is 17.2 Å². The minimum atomic E-state index is 0.636. The molecule has 0 saturated heterocycles. The van der Waals surface area contributed by atoms with Crippen LogP contribution in [0.25, 0.3) is 0 Å². The van der Waals surface area contributed by atoms with Crippen LogP contribution in [0.1, 0.15) is 32.6 Å². The van der Waals surface area contributed by atoms with Crippen LogP contribution in [0.4, 0.5) is 5.69 Å². The molecule has 4 nitrogen and oxygen atoms in total. The molecule has 0 radical (unpaired) electrons. The SMILES string of the molecule is COc1cc(NCC2CCCC(C)C2)cc(OC)c1OC. The number of benzene rings is 1. The molecule has 2 unspecified atom stereocenters. The molecule has 1 aromatic carbocycles. The third-order valence-corrected chi connectivity index (χ3v) is 4.30. The van der Waals surface area contributed by atoms with Crippen LogP contribution in [0.15, 0.2) is 12.1 Å². The lowest BCUT2D eigenvalue weighted by atomic mass is 9.82. The maximum atomic E-state index is 5.38. The largest absolute Gasteiger partial charge is 0.493 e. The van der Waals surface area contributed by atoms with Gasteiger partial charge in [-0.05, 0) is 24.7 Å². The molecule has 2 rings (SSSR count). The van der Waals surface area contributed by atoms with E-state index in [2.05, 4.69) is 12.2 Å². The minimum absolute atomic E-state index is 0.636. The van der Waals surface area contributed by atoms with E-state index in [9.17, 15) is 0 Å². The van der Waals surface area contributed by atoms with E-state index in [1.54, 1.807) is 21.3 Å². The van der Waals surface area contributed by atoms with Crippen molar-refractivity contribution in [2.24, 2.45) is 11.8 Å². The molecule has 0 spiro atoms. The molecule has 0 heterocycles. The van der Waals surface area contributed by atoms with E-state index >= 15 is 0 Å². The monoisotopic (exact) mass is 293 g/mol. The Hall–Kier alpha value is -1.58. The molecule has 1 aliphatic carbocycles. The molecule has 2 atom stereocenters. The Morgan fingerprint density at radius 2 is 1.71 bits per heavy atom. The van der Waals surface area contributed by atoms with Crippen molar-refractivity contribution < 1.29 is 14.2 Å². The number of nitrogens with one attached hydrogen (secondary N) is 1. The van der Waals surface area contributed by atoms with Crippen LogP contribution in [-0.4, -0.2) is 27.9 Å². The highest BCUT2D eigenvalue weighted by atomic mass is 16.5. The number of ether oxygens (including phenoxy) is 3. The van der Waals surface area contributed by atoms with Gasteiger partial charge in [-0.3, -0.25) is 0 Å². The Labute approximate surface area is 127 Å². The fraction of sp³-hybridized carbons (Fsp3) is 0.647. The fourth-order valence-electron chi connectivity index (χ4n) is 3.19. The Kier molecular flexibility index (Phi) is 5.59. The smallest absolute Gasteiger partial charge is 0.203 e. The summed E-state index contributed by atoms with van der Waals surface area (Å²) in [7, 11) is 4.91. The summed E-state index contributed by atoms with van der Waals surface area (Å²) in [5, 5.41) is 3.52. The minimum Gasteiger partial charge on any atom is -0.493 e. The van der Waals surface area contributed by atoms with E-state index in [4.69, 9.17) is 14.2 Å². The second-order valence-electron chi connectivity index (χ2n) is 5.93. The van der Waals surface area contributed by atoms with Crippen molar-refractivity contribution >= 4 is 5.69 Å². The maximum absolute atomic E-state index is 5.38. The van der Waals surface area contributed by atoms with Gasteiger partial charge >= 0.3 is 0 Å². The lowest BCUT2D eigenvalue weighted by Gasteiger charge is -2.27. The summed E-state index contributed by atoms with van der Waals surface area (Å²) in [6.45, 7) is 3.36. The quantitative estimate of drug-likeness (QED) is 0.862. The molecule has 1 N–H and O–H groups in total. The summed E-state index contributed by atoms with van der Waals surface area (Å²) in [6, 6.07) is 3.93. The second-order valence-corrected chi connectivity index (χ2v) is 5.93. The molecule has 1 aliphatic rings. The van der Waals surface area contributed by atoms with Gasteiger partial charge in [0.15, 0.2) is 11.5 Å². The average Bonchev–Trinajstić information content (AvgIpc) is 2.51. The first-order chi connectivity index (χ1) is 10.2. The van der Waals surface area contributed by atoms with E-state index in [1.807, 2.05) is 12.1 Å². The molecular formula is C17H27NO3. The van der Waals surface area contributed by atoms with Crippen molar-refractivity contribution in [1.29, 1.82) is 0 Å². The molecule has 0 amide bonds. The molecule has 0 bridgehead atoms. The molecule has 0 aliphatic heterocycles. The summed E-state index contributed by atoms with van der Waals surface area (Å²) in [5.41, 5.74) is 1.02. The zero-order chi connectivity index (χ0) is 15.2. The first kappa shape index (κ1) is 15.8. The van der Waals surface area contributed by atoms with Crippen molar-refractivity contribution in [3.05, 3.63) is 12.1 Å². The van der Waals surface area contributed by atoms with Gasteiger partial charge in [0.05, 0.1) is 21.3 Å². The van der Waals surface area contributed by atoms with Gasteiger partial charge in [0.2, 0.25) is 5.75 Å². The summed E-state index contributed by atoms with van der Waals surface area (Å²) >= 11 is 0. The molecule has 1 aromatic rings. The zero-order valence-electron chi connectivity index (χ0n) is 13.6. The lowest BCUT2D eigenvalue weighted by Crippen LogP contribution is -2.21. The Bertz CT molecular complexity index is 436. The number of hydrogen-bond acceptors (Lipinski definition) is 4. The third kappa shape index (κ3) is 3.96. The van der Waals surface area contributed by atoms with Crippen LogP contribution < -0.4 is 19.5 Å². The van der Waals surface area contributed by atoms with Gasteiger partial charge < -0.3 is 19.5 Å². The molecule has 0 aromatic heterocycles. The van der Waals surface area contributed by atoms with Gasteiger partial charge in [-0.25, -0.2) is 0 Å². The van der Waals surface area contributed by atoms with E-state index in [0.717, 1.165) is 24.1 Å². The van der Waals surface area contributed by atoms with Gasteiger partial charge in [0.1, 0.15) is 0 Å². The zero-order valence-corrected chi connectivity index (χ0v) is 13.6. The molecule has 118 valence electrons. The molecule has 4 heteroatoms. The Morgan fingerprint density at radius 3 is 2.24 bits per heavy atom. The summed E-state index contributed by atoms with van der Waals surface area (Å²) in [6.07, 6.45) is 5.36. The fourth-order valence-corrected chi connectivity index (χ4v) is 3.19. The van der Waals surface area contributed by atoms with E-state index in [-0.39, 0.29) is 0 Å². The molecule has 21 heavy (non-hydrogen) atoms. The van der Waals surface area contributed by atoms with Crippen LogP contribution >= 0.6 is 0 Å². The number of methoxy groups -OCH3 is 3. The predicted molar refractivity (Wildman–Crippen MR) is 85.7 cm³/mol. The van der Waals surface area contributed by atoms with Crippen LogP contribution in [0, 0.1) is 11.8 Å². The highest BCUT2D eigenvalue weighted by Gasteiger charge is 2.19. The average molecular weight is 293 g/mol. The van der Waals surface area contributed by atoms with Crippen molar-refractivity contribution in [2.75, 3.05) is 33.2 Å². The first-order valence-electron chi connectivity index (χ1n) is 7.71. The van der Waals surface area contributed by atoms with Crippen molar-refractivity contribution in [3.63, 3.8) is 0 Å². The van der Waals surface area contributed by atoms with Crippen LogP contribution in [-0.2, 0) is 0 Å². The Balaban J connectivity index is 2.05. The summed E-state index contributed by atoms with van der Waals surface area (Å²) in [4.78, 5) is 0. The van der Waals surface area contributed by atoms with Crippen LogP contribution in [0.5, 0.6) is 17.2 Å². The van der Waals surface area contributed by atoms with Crippen molar-refractivity contribution in [1.82, 2.24) is 0 Å². The molecule has 1 saturated carbocycles. The number of hydrogen-bond donors (Lipinski definition) is 1. The van der Waals surface area contributed by atoms with Crippen LogP contribution in [0.2, 0.25) is 0 Å². The van der Waals surface area contributed by atoms with Gasteiger partial charge in [0, 0.05) is 24.4 Å². The van der Waals surface area contributed by atoms with E-state index < -0.39 is 0 Å². The maximum Gasteiger partial charge on any atom is 0.203 e. The van der Waals surface area contributed by atoms with Gasteiger partial charge in [0.25, 0.3) is 0 Å². The molecular weight excluding hydrogens is 266 g/mol. The van der Waals surface area contributed by atoms with Crippen molar-refractivity contribution in [2.45, 2.75) is 32.6 Å². The predicted octanol–water partition coefficient (Wildman–Crippen LogP) is 3.95. The summed E-state index contributed by atoms with van der Waals surface area (Å²) < 4.78 is 16.1. The molecule has 1 fully saturated rings. The number of rotatable bonds is 6. The highest BCUT2D eigenvalue weighted by Crippen LogP contribution is 2.40. The normalized spacial score (nSPS) is 21.7. The topological polar surface area (TPSA) is 39.7 Å². The van der Waals surface area contributed by atoms with Gasteiger partial charge in [-0.15, -0.1) is 0 Å². The van der Waals surface area contributed by atoms with E-state index in [1.165, 1.54) is 25.7 Å². The van der Waals surface area contributed by atoms with Crippen LogP contribution in [0.3, 0.4) is 0 Å².